The Kier molecular flexibility index (Phi) is 6.98. The molecule has 126 valence electrons. The van der Waals surface area contributed by atoms with E-state index in [1.807, 2.05) is 36.4 Å². The average Bonchev–Trinajstić information content (AvgIpc) is 2.61. The number of amides is 1. The Hall–Kier alpha value is -2.66. The molecule has 1 N–H and O–H groups in total. The Balaban J connectivity index is 1.73. The molecule has 2 rings (SSSR count). The maximum atomic E-state index is 12.0. The zero-order valence-electron chi connectivity index (χ0n) is 13.7. The van der Waals surface area contributed by atoms with Gasteiger partial charge < -0.3 is 14.8 Å². The van der Waals surface area contributed by atoms with Crippen LogP contribution in [0.2, 0.25) is 0 Å². The lowest BCUT2D eigenvalue weighted by molar-refractivity contribution is -0.124. The lowest BCUT2D eigenvalue weighted by Gasteiger charge is -2.07. The van der Waals surface area contributed by atoms with E-state index < -0.39 is 5.97 Å². The maximum absolute atomic E-state index is 12.0. The molecule has 0 aliphatic heterocycles. The molecule has 2 aromatic carbocycles. The molecule has 0 bridgehead atoms. The minimum absolute atomic E-state index is 0.290. The number of hydrogen-bond donors (Lipinski definition) is 1. The van der Waals surface area contributed by atoms with Gasteiger partial charge in [0.25, 0.3) is 5.91 Å². The minimum atomic E-state index is -0.522. The van der Waals surface area contributed by atoms with Crippen molar-refractivity contribution >= 4 is 11.9 Å². The Labute approximate surface area is 141 Å². The van der Waals surface area contributed by atoms with Crippen LogP contribution in [0.4, 0.5) is 0 Å². The summed E-state index contributed by atoms with van der Waals surface area (Å²) in [6, 6.07) is 16.8. The Bertz CT molecular complexity index is 670. The highest BCUT2D eigenvalue weighted by atomic mass is 16.5. The highest BCUT2D eigenvalue weighted by Gasteiger charge is 2.10. The van der Waals surface area contributed by atoms with Crippen LogP contribution in [0, 0.1) is 0 Å². The summed E-state index contributed by atoms with van der Waals surface area (Å²) >= 11 is 0. The van der Waals surface area contributed by atoms with Gasteiger partial charge in [-0.1, -0.05) is 42.5 Å². The topological polar surface area (TPSA) is 64.6 Å². The Morgan fingerprint density at radius 2 is 1.75 bits per heavy atom. The molecular formula is C19H21NO4. The van der Waals surface area contributed by atoms with Gasteiger partial charge in [-0.3, -0.25) is 4.79 Å². The quantitative estimate of drug-likeness (QED) is 0.756. The van der Waals surface area contributed by atoms with Crippen LogP contribution in [-0.4, -0.2) is 32.1 Å². The van der Waals surface area contributed by atoms with Crippen molar-refractivity contribution in [1.82, 2.24) is 5.32 Å². The first kappa shape index (κ1) is 17.7. The minimum Gasteiger partial charge on any atom is -0.452 e. The molecule has 0 spiro atoms. The van der Waals surface area contributed by atoms with Crippen molar-refractivity contribution in [3.05, 3.63) is 71.3 Å². The van der Waals surface area contributed by atoms with Gasteiger partial charge in [-0.25, -0.2) is 4.79 Å². The average molecular weight is 327 g/mol. The number of carbonyl (C=O) groups is 2. The lowest BCUT2D eigenvalue weighted by Crippen LogP contribution is -2.30. The number of ether oxygens (including phenoxy) is 2. The fourth-order valence-corrected chi connectivity index (χ4v) is 2.21. The standard InChI is InChI=1S/C19H21NO4/c1-23-13-16-8-5-9-17(12-16)19(22)24-14-18(21)20-11-10-15-6-3-2-4-7-15/h2-9,12H,10-11,13-14H2,1H3,(H,20,21). The zero-order chi connectivity index (χ0) is 17.2. The summed E-state index contributed by atoms with van der Waals surface area (Å²) < 4.78 is 10.1. The highest BCUT2D eigenvalue weighted by Crippen LogP contribution is 2.08. The molecule has 0 heterocycles. The van der Waals surface area contributed by atoms with Crippen LogP contribution in [0.5, 0.6) is 0 Å². The fourth-order valence-electron chi connectivity index (χ4n) is 2.21. The molecular weight excluding hydrogens is 306 g/mol. The number of rotatable bonds is 8. The first-order chi connectivity index (χ1) is 11.7. The monoisotopic (exact) mass is 327 g/mol. The molecule has 0 atom stereocenters. The van der Waals surface area contributed by atoms with Crippen molar-refractivity contribution < 1.29 is 19.1 Å². The molecule has 0 unspecified atom stereocenters. The van der Waals surface area contributed by atoms with Gasteiger partial charge in [0.2, 0.25) is 0 Å². The van der Waals surface area contributed by atoms with Crippen molar-refractivity contribution in [2.75, 3.05) is 20.3 Å². The highest BCUT2D eigenvalue weighted by molar-refractivity contribution is 5.91. The van der Waals surface area contributed by atoms with Crippen LogP contribution in [0.3, 0.4) is 0 Å². The van der Waals surface area contributed by atoms with Gasteiger partial charge in [-0.05, 0) is 29.7 Å². The third kappa shape index (κ3) is 5.85. The van der Waals surface area contributed by atoms with E-state index in [2.05, 4.69) is 5.32 Å². The number of nitrogens with one attached hydrogen (secondary N) is 1. The second-order valence-electron chi connectivity index (χ2n) is 5.30. The Morgan fingerprint density at radius 1 is 1.00 bits per heavy atom. The second kappa shape index (κ2) is 9.47. The molecule has 0 aromatic heterocycles. The largest absolute Gasteiger partial charge is 0.452 e. The van der Waals surface area contributed by atoms with Crippen LogP contribution in [0.25, 0.3) is 0 Å². The van der Waals surface area contributed by atoms with Gasteiger partial charge in [0.1, 0.15) is 0 Å². The maximum Gasteiger partial charge on any atom is 0.338 e. The molecule has 5 heteroatoms. The SMILES string of the molecule is COCc1cccc(C(=O)OCC(=O)NCCc2ccccc2)c1. The van der Waals surface area contributed by atoms with Crippen LogP contribution >= 0.6 is 0 Å². The number of carbonyl (C=O) groups excluding carboxylic acids is 2. The molecule has 2 aromatic rings. The molecule has 0 fully saturated rings. The predicted octanol–water partition coefficient (Wildman–Crippen LogP) is 2.35. The number of methoxy groups -OCH3 is 1. The first-order valence-corrected chi connectivity index (χ1v) is 7.74. The zero-order valence-corrected chi connectivity index (χ0v) is 13.7. The summed E-state index contributed by atoms with van der Waals surface area (Å²) in [6.07, 6.45) is 0.736. The van der Waals surface area contributed by atoms with Crippen molar-refractivity contribution in [1.29, 1.82) is 0 Å². The van der Waals surface area contributed by atoms with Crippen molar-refractivity contribution in [3.8, 4) is 0 Å². The van der Waals surface area contributed by atoms with E-state index in [0.29, 0.717) is 18.7 Å². The summed E-state index contributed by atoms with van der Waals surface area (Å²) in [5.74, 6) is -0.835. The number of esters is 1. The van der Waals surface area contributed by atoms with Gasteiger partial charge in [0.05, 0.1) is 12.2 Å². The second-order valence-corrected chi connectivity index (χ2v) is 5.30. The van der Waals surface area contributed by atoms with Gasteiger partial charge in [0.15, 0.2) is 6.61 Å². The van der Waals surface area contributed by atoms with Gasteiger partial charge in [-0.15, -0.1) is 0 Å². The summed E-state index contributed by atoms with van der Waals surface area (Å²) in [5.41, 5.74) is 2.42. The van der Waals surface area contributed by atoms with Crippen molar-refractivity contribution in [3.63, 3.8) is 0 Å². The fraction of sp³-hybridized carbons (Fsp3) is 0.263. The molecule has 0 radical (unpaired) electrons. The molecule has 0 aliphatic carbocycles. The van der Waals surface area contributed by atoms with Crippen molar-refractivity contribution in [2.24, 2.45) is 0 Å². The van der Waals surface area contributed by atoms with E-state index in [-0.39, 0.29) is 12.5 Å². The summed E-state index contributed by atoms with van der Waals surface area (Å²) in [7, 11) is 1.59. The van der Waals surface area contributed by atoms with E-state index >= 15 is 0 Å². The smallest absolute Gasteiger partial charge is 0.338 e. The van der Waals surface area contributed by atoms with E-state index in [0.717, 1.165) is 17.5 Å². The predicted molar refractivity (Wildman–Crippen MR) is 90.6 cm³/mol. The number of benzene rings is 2. The molecule has 24 heavy (non-hydrogen) atoms. The summed E-state index contributed by atoms with van der Waals surface area (Å²) in [5, 5.41) is 2.73. The van der Waals surface area contributed by atoms with Crippen LogP contribution in [0.15, 0.2) is 54.6 Å². The Morgan fingerprint density at radius 3 is 2.50 bits per heavy atom. The summed E-state index contributed by atoms with van der Waals surface area (Å²) in [4.78, 5) is 23.7. The van der Waals surface area contributed by atoms with Crippen molar-refractivity contribution in [2.45, 2.75) is 13.0 Å². The number of hydrogen-bond acceptors (Lipinski definition) is 4. The van der Waals surface area contributed by atoms with E-state index in [9.17, 15) is 9.59 Å². The lowest BCUT2D eigenvalue weighted by atomic mass is 10.1. The first-order valence-electron chi connectivity index (χ1n) is 7.74. The van der Waals surface area contributed by atoms with Gasteiger partial charge in [0, 0.05) is 13.7 Å². The third-order valence-electron chi connectivity index (χ3n) is 3.39. The van der Waals surface area contributed by atoms with Crippen LogP contribution in [-0.2, 0) is 27.3 Å². The molecule has 1 amide bonds. The third-order valence-corrected chi connectivity index (χ3v) is 3.39. The molecule has 0 saturated carbocycles. The van der Waals surface area contributed by atoms with E-state index in [1.165, 1.54) is 0 Å². The molecule has 0 saturated heterocycles. The van der Waals surface area contributed by atoms with Gasteiger partial charge >= 0.3 is 5.97 Å². The summed E-state index contributed by atoms with van der Waals surface area (Å²) in [6.45, 7) is 0.632. The van der Waals surface area contributed by atoms with E-state index in [4.69, 9.17) is 9.47 Å². The van der Waals surface area contributed by atoms with E-state index in [1.54, 1.807) is 25.3 Å². The molecule has 5 nitrogen and oxygen atoms in total. The molecule has 0 aliphatic rings. The van der Waals surface area contributed by atoms with Gasteiger partial charge in [-0.2, -0.15) is 0 Å². The normalized spacial score (nSPS) is 10.2. The van der Waals surface area contributed by atoms with Crippen LogP contribution in [0.1, 0.15) is 21.5 Å². The van der Waals surface area contributed by atoms with Crippen LogP contribution < -0.4 is 5.32 Å².